The van der Waals surface area contributed by atoms with Crippen LogP contribution in [0.1, 0.15) is 17.5 Å². The fourth-order valence-corrected chi connectivity index (χ4v) is 1.83. The van der Waals surface area contributed by atoms with Crippen LogP contribution in [0.25, 0.3) is 11.2 Å². The number of rotatable bonds is 1. The van der Waals surface area contributed by atoms with Crippen LogP contribution in [-0.4, -0.2) is 24.5 Å². The third kappa shape index (κ3) is 1.35. The number of carbonyl (C=O) groups excluding carboxylic acids is 1. The Morgan fingerprint density at radius 2 is 1.65 bits per heavy atom. The van der Waals surface area contributed by atoms with Gasteiger partial charge < -0.3 is 4.57 Å². The first-order chi connectivity index (χ1) is 7.86. The number of fused-ring (bicyclic) bond motifs is 1. The number of carbonyl (C=O) groups is 1. The van der Waals surface area contributed by atoms with E-state index in [1.807, 2.05) is 0 Å². The van der Waals surface area contributed by atoms with Gasteiger partial charge in [0.2, 0.25) is 0 Å². The second kappa shape index (κ2) is 3.41. The van der Waals surface area contributed by atoms with Crippen molar-refractivity contribution in [1.29, 1.82) is 0 Å². The molecule has 0 unspecified atom stereocenters. The van der Waals surface area contributed by atoms with Gasteiger partial charge in [-0.05, 0) is 0 Å². The summed E-state index contributed by atoms with van der Waals surface area (Å²) >= 11 is 0. The van der Waals surface area contributed by atoms with Crippen LogP contribution in [0.2, 0.25) is 0 Å². The Balaban J connectivity index is 3.14. The predicted octanol–water partition coefficient (Wildman–Crippen LogP) is -0.827. The summed E-state index contributed by atoms with van der Waals surface area (Å²) in [6, 6.07) is 0. The van der Waals surface area contributed by atoms with E-state index in [2.05, 4.69) is 4.98 Å². The average molecular weight is 236 g/mol. The molecule has 0 bridgehead atoms. The molecule has 0 N–H and O–H groups in total. The zero-order valence-corrected chi connectivity index (χ0v) is 10.0. The molecule has 17 heavy (non-hydrogen) atoms. The number of aromatic nitrogens is 4. The number of nitrogens with zero attached hydrogens (tertiary/aromatic N) is 4. The lowest BCUT2D eigenvalue weighted by molar-refractivity contribution is 0.100. The van der Waals surface area contributed by atoms with Crippen molar-refractivity contribution in [2.75, 3.05) is 0 Å². The number of hydrogen-bond acceptors (Lipinski definition) is 4. The van der Waals surface area contributed by atoms with Crippen molar-refractivity contribution in [2.45, 2.75) is 6.92 Å². The second-order valence-corrected chi connectivity index (χ2v) is 3.93. The monoisotopic (exact) mass is 236 g/mol. The Morgan fingerprint density at radius 1 is 1.06 bits per heavy atom. The van der Waals surface area contributed by atoms with E-state index in [1.54, 1.807) is 7.05 Å². The van der Waals surface area contributed by atoms with Crippen LogP contribution in [0.5, 0.6) is 0 Å². The van der Waals surface area contributed by atoms with Gasteiger partial charge in [0.25, 0.3) is 5.56 Å². The minimum atomic E-state index is -0.462. The summed E-state index contributed by atoms with van der Waals surface area (Å²) in [4.78, 5) is 39.0. The van der Waals surface area contributed by atoms with Gasteiger partial charge in [-0.25, -0.2) is 9.78 Å². The van der Waals surface area contributed by atoms with E-state index in [0.717, 1.165) is 4.57 Å². The maximum Gasteiger partial charge on any atom is 0.332 e. The topological polar surface area (TPSA) is 78.9 Å². The molecule has 0 aliphatic rings. The second-order valence-electron chi connectivity index (χ2n) is 3.93. The summed E-state index contributed by atoms with van der Waals surface area (Å²) in [6.45, 7) is 1.36. The molecule has 0 aliphatic carbocycles. The van der Waals surface area contributed by atoms with E-state index in [9.17, 15) is 14.4 Å². The molecule has 0 aromatic carbocycles. The summed E-state index contributed by atoms with van der Waals surface area (Å²) < 4.78 is 3.66. The Kier molecular flexibility index (Phi) is 2.27. The van der Waals surface area contributed by atoms with Crippen molar-refractivity contribution in [3.63, 3.8) is 0 Å². The number of hydrogen-bond donors (Lipinski definition) is 0. The van der Waals surface area contributed by atoms with Gasteiger partial charge in [0.05, 0.1) is 0 Å². The number of Topliss-reactive ketones (excluding diaryl/α,β-unsaturated/α-hetero) is 1. The molecule has 2 aromatic heterocycles. The lowest BCUT2D eigenvalue weighted by Crippen LogP contribution is -2.37. The minimum Gasteiger partial charge on any atom is -0.319 e. The molecule has 0 spiro atoms. The van der Waals surface area contributed by atoms with E-state index < -0.39 is 11.2 Å². The van der Waals surface area contributed by atoms with Crippen molar-refractivity contribution < 1.29 is 4.79 Å². The molecule has 0 saturated carbocycles. The first-order valence-corrected chi connectivity index (χ1v) is 4.99. The molecule has 0 saturated heterocycles. The zero-order chi connectivity index (χ0) is 12.9. The minimum absolute atomic E-state index is 0.165. The summed E-state index contributed by atoms with van der Waals surface area (Å²) in [7, 11) is 4.49. The largest absolute Gasteiger partial charge is 0.332 e. The van der Waals surface area contributed by atoms with Crippen molar-refractivity contribution in [1.82, 2.24) is 18.7 Å². The van der Waals surface area contributed by atoms with Crippen LogP contribution in [0, 0.1) is 0 Å². The first kappa shape index (κ1) is 11.3. The average Bonchev–Trinajstić information content (AvgIpc) is 2.62. The fraction of sp³-hybridized carbons (Fsp3) is 0.400. The standard InChI is InChI=1S/C10H12N4O3/c1-5(15)7-11-8-6(12(7)2)9(16)14(4)10(17)13(8)3/h1-4H3. The highest BCUT2D eigenvalue weighted by molar-refractivity contribution is 5.93. The SMILES string of the molecule is CC(=O)c1nc2c(c(=O)n(C)c(=O)n2C)n1C. The summed E-state index contributed by atoms with van der Waals surface area (Å²) in [5.41, 5.74) is -0.438. The molecule has 7 heteroatoms. The third-order valence-corrected chi connectivity index (χ3v) is 2.79. The van der Waals surface area contributed by atoms with Crippen molar-refractivity contribution in [3.05, 3.63) is 26.7 Å². The van der Waals surface area contributed by atoms with Crippen LogP contribution in [-0.2, 0) is 21.1 Å². The number of ketones is 1. The Bertz CT molecular complexity index is 747. The smallest absolute Gasteiger partial charge is 0.319 e. The van der Waals surface area contributed by atoms with Crippen molar-refractivity contribution in [2.24, 2.45) is 21.1 Å². The molecule has 0 fully saturated rings. The maximum atomic E-state index is 11.9. The molecular formula is C10H12N4O3. The van der Waals surface area contributed by atoms with Crippen LogP contribution in [0.15, 0.2) is 9.59 Å². The van der Waals surface area contributed by atoms with Gasteiger partial charge in [-0.3, -0.25) is 18.7 Å². The molecule has 0 aliphatic heterocycles. The highest BCUT2D eigenvalue weighted by atomic mass is 16.2. The molecule has 2 aromatic rings. The van der Waals surface area contributed by atoms with E-state index in [0.29, 0.717) is 0 Å². The summed E-state index contributed by atoms with van der Waals surface area (Å²) in [5.74, 6) is -0.0866. The van der Waals surface area contributed by atoms with Gasteiger partial charge in [0, 0.05) is 28.1 Å². The molecule has 0 atom stereocenters. The van der Waals surface area contributed by atoms with Crippen molar-refractivity contribution in [3.8, 4) is 0 Å². The van der Waals surface area contributed by atoms with Gasteiger partial charge in [-0.15, -0.1) is 0 Å². The number of aryl methyl sites for hydroxylation is 2. The number of imidazole rings is 1. The summed E-state index contributed by atoms with van der Waals surface area (Å²) in [6.07, 6.45) is 0. The van der Waals surface area contributed by atoms with Crippen molar-refractivity contribution >= 4 is 16.9 Å². The summed E-state index contributed by atoms with van der Waals surface area (Å²) in [5, 5.41) is 0. The highest BCUT2D eigenvalue weighted by Crippen LogP contribution is 2.08. The first-order valence-electron chi connectivity index (χ1n) is 4.99. The lowest BCUT2D eigenvalue weighted by atomic mass is 10.4. The molecular weight excluding hydrogens is 224 g/mol. The van der Waals surface area contributed by atoms with Crippen LogP contribution in [0.3, 0.4) is 0 Å². The molecule has 0 radical (unpaired) electrons. The van der Waals surface area contributed by atoms with Gasteiger partial charge in [-0.1, -0.05) is 0 Å². The molecule has 2 rings (SSSR count). The molecule has 90 valence electrons. The Labute approximate surface area is 95.9 Å². The van der Waals surface area contributed by atoms with Gasteiger partial charge in [0.15, 0.2) is 22.8 Å². The van der Waals surface area contributed by atoms with Gasteiger partial charge in [-0.2, -0.15) is 0 Å². The zero-order valence-electron chi connectivity index (χ0n) is 10.0. The van der Waals surface area contributed by atoms with Gasteiger partial charge in [0.1, 0.15) is 0 Å². The van der Waals surface area contributed by atoms with Crippen LogP contribution >= 0.6 is 0 Å². The highest BCUT2D eigenvalue weighted by Gasteiger charge is 2.18. The van der Waals surface area contributed by atoms with E-state index in [-0.39, 0.29) is 22.8 Å². The Morgan fingerprint density at radius 3 is 2.18 bits per heavy atom. The van der Waals surface area contributed by atoms with Gasteiger partial charge >= 0.3 is 5.69 Å². The predicted molar refractivity (Wildman–Crippen MR) is 61.2 cm³/mol. The molecule has 2 heterocycles. The Hall–Kier alpha value is -2.18. The quantitative estimate of drug-likeness (QED) is 0.605. The van der Waals surface area contributed by atoms with Crippen LogP contribution < -0.4 is 11.2 Å². The molecule has 0 amide bonds. The third-order valence-electron chi connectivity index (χ3n) is 2.79. The van der Waals surface area contributed by atoms with E-state index in [4.69, 9.17) is 0 Å². The lowest BCUT2D eigenvalue weighted by Gasteiger charge is -2.02. The van der Waals surface area contributed by atoms with E-state index in [1.165, 1.54) is 30.2 Å². The van der Waals surface area contributed by atoms with E-state index >= 15 is 0 Å². The molecule has 7 nitrogen and oxygen atoms in total. The fourth-order valence-electron chi connectivity index (χ4n) is 1.83. The normalized spacial score (nSPS) is 11.1. The maximum absolute atomic E-state index is 11.9. The van der Waals surface area contributed by atoms with Crippen LogP contribution in [0.4, 0.5) is 0 Å².